The number of halogens is 6. The van der Waals surface area contributed by atoms with Crippen molar-refractivity contribution < 1.29 is 39.3 Å². The summed E-state index contributed by atoms with van der Waals surface area (Å²) >= 11 is 0. The molecule has 0 unspecified atom stereocenters. The highest BCUT2D eigenvalue weighted by Crippen LogP contribution is 2.20. The van der Waals surface area contributed by atoms with Crippen LogP contribution >= 0.6 is 0 Å². The highest BCUT2D eigenvalue weighted by Gasteiger charge is 2.44. The molecule has 0 fully saturated rings. The molecule has 0 atom stereocenters. The van der Waals surface area contributed by atoms with E-state index in [9.17, 15) is 26.3 Å². The maximum absolute atomic E-state index is 11.9. The summed E-state index contributed by atoms with van der Waals surface area (Å²) in [6.45, 7) is 0. The molecule has 3 aromatic carbocycles. The molecule has 0 saturated carbocycles. The van der Waals surface area contributed by atoms with Crippen LogP contribution in [0.15, 0.2) is 91.0 Å². The Morgan fingerprint density at radius 2 is 0.724 bits per heavy atom. The van der Waals surface area contributed by atoms with E-state index in [-0.39, 0.29) is 17.5 Å². The van der Waals surface area contributed by atoms with Gasteiger partial charge in [0.2, 0.25) is 0 Å². The standard InChI is InChI=1S/3C6H5F.CHF3O3S/c3*7-6-4-2-1-3-5-6;2-1(3,4)8(5,6)7/h3*1-5H;(H,5,6,7). The van der Waals surface area contributed by atoms with Gasteiger partial charge in [0, 0.05) is 0 Å². The molecule has 3 aromatic rings. The zero-order valence-electron chi connectivity index (χ0n) is 14.6. The summed E-state index contributed by atoms with van der Waals surface area (Å²) in [5.41, 5.74) is -5.53. The van der Waals surface area contributed by atoms with E-state index in [1.807, 2.05) is 0 Å². The average Bonchev–Trinajstić information content (AvgIpc) is 2.64. The lowest BCUT2D eigenvalue weighted by molar-refractivity contribution is -0.0510. The number of benzene rings is 3. The summed E-state index contributed by atoms with van der Waals surface area (Å²) in [6.07, 6.45) is 0. The van der Waals surface area contributed by atoms with Gasteiger partial charge < -0.3 is 0 Å². The first-order chi connectivity index (χ1) is 13.4. The molecule has 0 heterocycles. The Labute approximate surface area is 164 Å². The van der Waals surface area contributed by atoms with Crippen LogP contribution in [-0.4, -0.2) is 18.5 Å². The van der Waals surface area contributed by atoms with Gasteiger partial charge in [-0.2, -0.15) is 21.6 Å². The summed E-state index contributed by atoms with van der Waals surface area (Å²) in [6, 6.07) is 23.8. The van der Waals surface area contributed by atoms with Crippen molar-refractivity contribution in [3.63, 3.8) is 0 Å². The molecule has 0 aromatic heterocycles. The Balaban J connectivity index is 0.000000361. The van der Waals surface area contributed by atoms with Crippen LogP contribution in [0.3, 0.4) is 0 Å². The van der Waals surface area contributed by atoms with Crippen molar-refractivity contribution in [1.82, 2.24) is 0 Å². The van der Waals surface area contributed by atoms with E-state index in [1.165, 1.54) is 36.4 Å². The zero-order valence-corrected chi connectivity index (χ0v) is 15.4. The normalized spacial score (nSPS) is 10.2. The fraction of sp³-hybridized carbons (Fsp3) is 0.0526. The van der Waals surface area contributed by atoms with E-state index < -0.39 is 15.6 Å². The number of hydrogen-bond donors (Lipinski definition) is 1. The SMILES string of the molecule is Fc1ccccc1.Fc1ccccc1.Fc1ccccc1.O=S(=O)(O)C(F)(F)F. The molecule has 3 rings (SSSR count). The maximum Gasteiger partial charge on any atom is 0.522 e. The van der Waals surface area contributed by atoms with Crippen molar-refractivity contribution >= 4 is 10.1 Å². The molecule has 0 radical (unpaired) electrons. The van der Waals surface area contributed by atoms with Crippen molar-refractivity contribution in [2.75, 3.05) is 0 Å². The van der Waals surface area contributed by atoms with Gasteiger partial charge in [0.1, 0.15) is 17.5 Å². The van der Waals surface area contributed by atoms with E-state index in [2.05, 4.69) is 0 Å². The van der Waals surface area contributed by atoms with Crippen molar-refractivity contribution in [3.05, 3.63) is 108 Å². The molecule has 29 heavy (non-hydrogen) atoms. The largest absolute Gasteiger partial charge is 0.522 e. The molecule has 0 saturated heterocycles. The first kappa shape index (κ1) is 26.1. The first-order valence-corrected chi connectivity index (χ1v) is 9.03. The first-order valence-electron chi connectivity index (χ1n) is 7.59. The third-order valence-electron chi connectivity index (χ3n) is 2.49. The van der Waals surface area contributed by atoms with Gasteiger partial charge in [0.25, 0.3) is 0 Å². The second-order valence-electron chi connectivity index (χ2n) is 4.81. The highest BCUT2D eigenvalue weighted by molar-refractivity contribution is 7.86. The molecule has 158 valence electrons. The Hall–Kier alpha value is -2.85. The van der Waals surface area contributed by atoms with E-state index >= 15 is 0 Å². The van der Waals surface area contributed by atoms with Crippen LogP contribution in [0.4, 0.5) is 26.3 Å². The average molecular weight is 438 g/mol. The van der Waals surface area contributed by atoms with Gasteiger partial charge in [0.05, 0.1) is 0 Å². The van der Waals surface area contributed by atoms with Crippen LogP contribution in [0.25, 0.3) is 0 Å². The van der Waals surface area contributed by atoms with E-state index in [1.54, 1.807) is 54.6 Å². The predicted octanol–water partition coefficient (Wildman–Crippen LogP) is 5.87. The molecule has 0 aliphatic rings. The maximum atomic E-state index is 11.9. The minimum absolute atomic E-state index is 0.178. The number of alkyl halides is 3. The van der Waals surface area contributed by atoms with Gasteiger partial charge in [-0.3, -0.25) is 4.55 Å². The van der Waals surface area contributed by atoms with Crippen LogP contribution in [0, 0.1) is 17.5 Å². The van der Waals surface area contributed by atoms with Gasteiger partial charge in [-0.15, -0.1) is 0 Å². The minimum Gasteiger partial charge on any atom is -0.279 e. The van der Waals surface area contributed by atoms with E-state index in [4.69, 9.17) is 13.0 Å². The predicted molar refractivity (Wildman–Crippen MR) is 96.8 cm³/mol. The molecule has 0 aliphatic carbocycles. The zero-order chi connectivity index (χ0) is 22.3. The molecule has 0 bridgehead atoms. The second kappa shape index (κ2) is 13.3. The van der Waals surface area contributed by atoms with Crippen LogP contribution in [-0.2, 0) is 10.1 Å². The molecular formula is C19H16F6O3S. The molecule has 0 aliphatic heterocycles. The lowest BCUT2D eigenvalue weighted by atomic mass is 10.4. The summed E-state index contributed by atoms with van der Waals surface area (Å²) < 4.78 is 93.3. The molecule has 0 spiro atoms. The molecule has 10 heteroatoms. The highest BCUT2D eigenvalue weighted by atomic mass is 32.2. The third-order valence-corrected chi connectivity index (χ3v) is 3.08. The molecular weight excluding hydrogens is 422 g/mol. The summed E-state index contributed by atoms with van der Waals surface area (Å²) in [7, 11) is -5.84. The van der Waals surface area contributed by atoms with Crippen LogP contribution in [0.2, 0.25) is 0 Å². The quantitative estimate of drug-likeness (QED) is 0.271. The van der Waals surface area contributed by atoms with Gasteiger partial charge in [-0.25, -0.2) is 13.2 Å². The summed E-state index contributed by atoms with van der Waals surface area (Å²) in [5.74, 6) is -0.535. The van der Waals surface area contributed by atoms with Crippen LogP contribution in [0.1, 0.15) is 0 Å². The number of hydrogen-bond acceptors (Lipinski definition) is 2. The number of rotatable bonds is 0. The Morgan fingerprint density at radius 3 is 0.793 bits per heavy atom. The summed E-state index contributed by atoms with van der Waals surface area (Å²) in [4.78, 5) is 0. The van der Waals surface area contributed by atoms with Crippen LogP contribution in [0.5, 0.6) is 0 Å². The van der Waals surface area contributed by atoms with Crippen molar-refractivity contribution in [1.29, 1.82) is 0 Å². The monoisotopic (exact) mass is 438 g/mol. The van der Waals surface area contributed by atoms with E-state index in [0.29, 0.717) is 0 Å². The Bertz CT molecular complexity index is 798. The second-order valence-corrected chi connectivity index (χ2v) is 6.22. The fourth-order valence-corrected chi connectivity index (χ4v) is 1.24. The van der Waals surface area contributed by atoms with Gasteiger partial charge in [-0.1, -0.05) is 54.6 Å². The van der Waals surface area contributed by atoms with Gasteiger partial charge >= 0.3 is 15.6 Å². The van der Waals surface area contributed by atoms with Crippen molar-refractivity contribution in [3.8, 4) is 0 Å². The van der Waals surface area contributed by atoms with Gasteiger partial charge in [-0.05, 0) is 36.4 Å². The van der Waals surface area contributed by atoms with Gasteiger partial charge in [0.15, 0.2) is 0 Å². The minimum atomic E-state index is -5.84. The molecule has 1 N–H and O–H groups in total. The Kier molecular flexibility index (Phi) is 12.0. The third kappa shape index (κ3) is 14.8. The van der Waals surface area contributed by atoms with Crippen molar-refractivity contribution in [2.24, 2.45) is 0 Å². The molecule has 0 amide bonds. The molecule has 3 nitrogen and oxygen atoms in total. The lowest BCUT2D eigenvalue weighted by Gasteiger charge is -1.97. The lowest BCUT2D eigenvalue weighted by Crippen LogP contribution is -2.21. The fourth-order valence-electron chi connectivity index (χ4n) is 1.24. The van der Waals surface area contributed by atoms with Crippen molar-refractivity contribution in [2.45, 2.75) is 5.51 Å². The summed E-state index contributed by atoms with van der Waals surface area (Å²) in [5, 5.41) is 0. The van der Waals surface area contributed by atoms with Crippen LogP contribution < -0.4 is 0 Å². The van der Waals surface area contributed by atoms with E-state index in [0.717, 1.165) is 0 Å². The topological polar surface area (TPSA) is 54.4 Å². The smallest absolute Gasteiger partial charge is 0.279 e. The Morgan fingerprint density at radius 1 is 0.552 bits per heavy atom.